The van der Waals surface area contributed by atoms with Gasteiger partial charge in [-0.15, -0.1) is 0 Å². The van der Waals surface area contributed by atoms with Gasteiger partial charge in [-0.05, 0) is 28.7 Å². The molecule has 3 nitrogen and oxygen atoms in total. The normalized spacial score (nSPS) is 10.4. The number of rotatable bonds is 3. The second-order valence-electron chi connectivity index (χ2n) is 3.29. The van der Waals surface area contributed by atoms with Crippen LogP contribution in [-0.2, 0) is 6.54 Å². The van der Waals surface area contributed by atoms with Crippen molar-refractivity contribution in [3.05, 3.63) is 45.5 Å². The summed E-state index contributed by atoms with van der Waals surface area (Å²) in [5, 5.41) is 4.11. The number of benzene rings is 1. The third-order valence-electron chi connectivity index (χ3n) is 2.20. The van der Waals surface area contributed by atoms with Crippen molar-refractivity contribution in [1.82, 2.24) is 9.78 Å². The highest BCUT2D eigenvalue weighted by molar-refractivity contribution is 14.1. The first kappa shape index (κ1) is 11.4. The van der Waals surface area contributed by atoms with Gasteiger partial charge in [0.15, 0.2) is 11.6 Å². The predicted octanol–water partition coefficient (Wildman–Crippen LogP) is 2.68. The van der Waals surface area contributed by atoms with Gasteiger partial charge in [-0.2, -0.15) is 5.10 Å². The molecule has 0 saturated carbocycles. The molecule has 1 aromatic carbocycles. The first-order chi connectivity index (χ1) is 7.70. The van der Waals surface area contributed by atoms with Gasteiger partial charge in [-0.1, -0.05) is 12.1 Å². The average Bonchev–Trinajstić information content (AvgIpc) is 2.67. The number of hydrogen-bond acceptors (Lipinski definition) is 2. The molecule has 0 fully saturated rings. The zero-order valence-corrected chi connectivity index (χ0v) is 10.8. The number of methoxy groups -OCH3 is 1. The summed E-state index contributed by atoms with van der Waals surface area (Å²) in [7, 11) is 1.46. The Morgan fingerprint density at radius 1 is 1.50 bits per heavy atom. The monoisotopic (exact) mass is 332 g/mol. The van der Waals surface area contributed by atoms with Crippen molar-refractivity contribution in [2.45, 2.75) is 6.54 Å². The third kappa shape index (κ3) is 2.34. The van der Waals surface area contributed by atoms with Crippen LogP contribution in [0.15, 0.2) is 30.6 Å². The highest BCUT2D eigenvalue weighted by Crippen LogP contribution is 2.20. The smallest absolute Gasteiger partial charge is 0.170 e. The Morgan fingerprint density at radius 2 is 2.31 bits per heavy atom. The summed E-state index contributed by atoms with van der Waals surface area (Å²) in [5.41, 5.74) is 0.568. The van der Waals surface area contributed by atoms with E-state index in [-0.39, 0.29) is 11.6 Å². The fourth-order valence-corrected chi connectivity index (χ4v) is 1.88. The molecule has 0 radical (unpaired) electrons. The molecular formula is C11H10FIN2O. The lowest BCUT2D eigenvalue weighted by molar-refractivity contribution is 0.383. The molecule has 2 aromatic rings. The molecule has 0 bridgehead atoms. The number of hydrogen-bond donors (Lipinski definition) is 0. The van der Waals surface area contributed by atoms with Gasteiger partial charge < -0.3 is 4.74 Å². The van der Waals surface area contributed by atoms with E-state index < -0.39 is 0 Å². The first-order valence-corrected chi connectivity index (χ1v) is 5.78. The fourth-order valence-electron chi connectivity index (χ4n) is 1.44. The maximum atomic E-state index is 13.8. The minimum Gasteiger partial charge on any atom is -0.494 e. The van der Waals surface area contributed by atoms with Crippen molar-refractivity contribution in [2.75, 3.05) is 7.11 Å². The lowest BCUT2D eigenvalue weighted by Crippen LogP contribution is -2.03. The van der Waals surface area contributed by atoms with Crippen molar-refractivity contribution >= 4 is 22.6 Å². The van der Waals surface area contributed by atoms with Crippen LogP contribution in [0.4, 0.5) is 4.39 Å². The molecule has 0 unspecified atom stereocenters. The molecule has 5 heteroatoms. The van der Waals surface area contributed by atoms with Crippen LogP contribution in [0.1, 0.15) is 5.56 Å². The van der Waals surface area contributed by atoms with E-state index in [1.54, 1.807) is 29.1 Å². The Hall–Kier alpha value is -1.11. The predicted molar refractivity (Wildman–Crippen MR) is 67.0 cm³/mol. The quantitative estimate of drug-likeness (QED) is 0.808. The molecule has 16 heavy (non-hydrogen) atoms. The Balaban J connectivity index is 2.28. The van der Waals surface area contributed by atoms with Gasteiger partial charge in [0.05, 0.1) is 23.4 Å². The zero-order valence-electron chi connectivity index (χ0n) is 8.65. The van der Waals surface area contributed by atoms with E-state index in [9.17, 15) is 4.39 Å². The Kier molecular flexibility index (Phi) is 3.42. The summed E-state index contributed by atoms with van der Waals surface area (Å²) in [4.78, 5) is 0. The summed E-state index contributed by atoms with van der Waals surface area (Å²) in [6.45, 7) is 0.409. The van der Waals surface area contributed by atoms with Gasteiger partial charge in [-0.25, -0.2) is 4.39 Å². The van der Waals surface area contributed by atoms with Crippen LogP contribution < -0.4 is 4.74 Å². The van der Waals surface area contributed by atoms with Crippen molar-refractivity contribution in [3.63, 3.8) is 0 Å². The van der Waals surface area contributed by atoms with Crippen molar-refractivity contribution in [1.29, 1.82) is 0 Å². The van der Waals surface area contributed by atoms with Crippen LogP contribution in [0, 0.1) is 9.39 Å². The second-order valence-corrected chi connectivity index (χ2v) is 4.54. The highest BCUT2D eigenvalue weighted by Gasteiger charge is 2.08. The number of aromatic nitrogens is 2. The number of halogens is 2. The molecular weight excluding hydrogens is 322 g/mol. The number of ether oxygens (including phenoxy) is 1. The molecule has 0 aliphatic carbocycles. The first-order valence-electron chi connectivity index (χ1n) is 4.70. The topological polar surface area (TPSA) is 27.1 Å². The summed E-state index contributed by atoms with van der Waals surface area (Å²) >= 11 is 2.16. The summed E-state index contributed by atoms with van der Waals surface area (Å²) in [6.07, 6.45) is 3.60. The standard InChI is InChI=1S/C11H10FIN2O/c1-16-10-4-2-3-8(11(10)12)6-15-7-9(13)5-14-15/h2-5,7H,6H2,1H3. The zero-order chi connectivity index (χ0) is 11.5. The molecule has 0 atom stereocenters. The highest BCUT2D eigenvalue weighted by atomic mass is 127. The van der Waals surface area contributed by atoms with E-state index in [0.29, 0.717) is 12.1 Å². The summed E-state index contributed by atoms with van der Waals surface area (Å²) < 4.78 is 21.4. The van der Waals surface area contributed by atoms with Crippen LogP contribution in [-0.4, -0.2) is 16.9 Å². The van der Waals surface area contributed by atoms with Gasteiger partial charge in [0.1, 0.15) is 0 Å². The Morgan fingerprint density at radius 3 is 2.94 bits per heavy atom. The fraction of sp³-hybridized carbons (Fsp3) is 0.182. The Bertz CT molecular complexity index is 498. The molecule has 0 saturated heterocycles. The van der Waals surface area contributed by atoms with Crippen LogP contribution in [0.3, 0.4) is 0 Å². The van der Waals surface area contributed by atoms with Crippen molar-refractivity contribution in [3.8, 4) is 5.75 Å². The summed E-state index contributed by atoms with van der Waals surface area (Å²) in [6, 6.07) is 5.10. The van der Waals surface area contributed by atoms with E-state index >= 15 is 0 Å². The molecule has 1 heterocycles. The van der Waals surface area contributed by atoms with E-state index in [4.69, 9.17) is 4.74 Å². The van der Waals surface area contributed by atoms with E-state index in [1.807, 2.05) is 6.20 Å². The summed E-state index contributed by atoms with van der Waals surface area (Å²) in [5.74, 6) is -0.0603. The molecule has 0 aliphatic rings. The van der Waals surface area contributed by atoms with Gasteiger partial charge in [0.2, 0.25) is 0 Å². The van der Waals surface area contributed by atoms with Crippen LogP contribution >= 0.6 is 22.6 Å². The van der Waals surface area contributed by atoms with Gasteiger partial charge in [0, 0.05) is 11.8 Å². The minimum absolute atomic E-state index is 0.263. The Labute approximate surface area is 106 Å². The number of nitrogens with zero attached hydrogens (tertiary/aromatic N) is 2. The average molecular weight is 332 g/mol. The molecule has 0 N–H and O–H groups in total. The van der Waals surface area contributed by atoms with Crippen LogP contribution in [0.2, 0.25) is 0 Å². The van der Waals surface area contributed by atoms with Crippen LogP contribution in [0.25, 0.3) is 0 Å². The molecule has 0 spiro atoms. The maximum absolute atomic E-state index is 13.8. The van der Waals surface area contributed by atoms with Crippen LogP contribution in [0.5, 0.6) is 5.75 Å². The third-order valence-corrected chi connectivity index (χ3v) is 2.75. The van der Waals surface area contributed by atoms with Gasteiger partial charge in [0.25, 0.3) is 0 Å². The van der Waals surface area contributed by atoms with Crippen molar-refractivity contribution < 1.29 is 9.13 Å². The molecule has 1 aromatic heterocycles. The molecule has 84 valence electrons. The van der Waals surface area contributed by atoms with Gasteiger partial charge in [-0.3, -0.25) is 4.68 Å². The SMILES string of the molecule is COc1cccc(Cn2cc(I)cn2)c1F. The molecule has 0 aliphatic heterocycles. The molecule has 2 rings (SSSR count). The minimum atomic E-state index is -0.324. The van der Waals surface area contributed by atoms with E-state index in [0.717, 1.165) is 3.57 Å². The lowest BCUT2D eigenvalue weighted by Gasteiger charge is -2.07. The largest absolute Gasteiger partial charge is 0.494 e. The maximum Gasteiger partial charge on any atom is 0.170 e. The lowest BCUT2D eigenvalue weighted by atomic mass is 10.2. The van der Waals surface area contributed by atoms with Gasteiger partial charge >= 0.3 is 0 Å². The van der Waals surface area contributed by atoms with E-state index in [2.05, 4.69) is 27.7 Å². The molecule has 0 amide bonds. The second kappa shape index (κ2) is 4.82. The van der Waals surface area contributed by atoms with E-state index in [1.165, 1.54) is 7.11 Å². The van der Waals surface area contributed by atoms with Crippen molar-refractivity contribution in [2.24, 2.45) is 0 Å².